The second kappa shape index (κ2) is 9.21. The molecule has 0 unspecified atom stereocenters. The second-order valence-electron chi connectivity index (χ2n) is 10.3. The lowest BCUT2D eigenvalue weighted by Crippen LogP contribution is -2.11. The molecule has 1 aromatic heterocycles. The SMILES string of the molecule is Clc1cc(N(c2ccc3c(c2)Oc2ccccc2O3)c2ccc3c(c2)Oc2ccccc2O3)cc2c1oc1ccccc12. The third-order valence-electron chi connectivity index (χ3n) is 7.62. The van der Waals surface area contributed by atoms with E-state index in [1.165, 1.54) is 0 Å². The van der Waals surface area contributed by atoms with Crippen LogP contribution in [0.4, 0.5) is 17.1 Å². The largest absolute Gasteiger partial charge is 0.454 e. The third kappa shape index (κ3) is 3.88. The molecular weight excluding hydrogens is 562 g/mol. The van der Waals surface area contributed by atoms with E-state index in [0.29, 0.717) is 56.6 Å². The van der Waals surface area contributed by atoms with Gasteiger partial charge in [-0.1, -0.05) is 54.1 Å². The number of halogens is 1. The molecule has 7 aromatic rings. The average molecular weight is 582 g/mol. The summed E-state index contributed by atoms with van der Waals surface area (Å²) < 4.78 is 30.9. The summed E-state index contributed by atoms with van der Waals surface area (Å²) >= 11 is 6.89. The van der Waals surface area contributed by atoms with Gasteiger partial charge < -0.3 is 28.3 Å². The second-order valence-corrected chi connectivity index (χ2v) is 10.7. The number of anilines is 3. The van der Waals surface area contributed by atoms with E-state index in [-0.39, 0.29) is 0 Å². The maximum Gasteiger partial charge on any atom is 0.172 e. The molecule has 0 atom stereocenters. The van der Waals surface area contributed by atoms with Crippen LogP contribution in [0.3, 0.4) is 0 Å². The van der Waals surface area contributed by atoms with Crippen molar-refractivity contribution in [1.82, 2.24) is 0 Å². The van der Waals surface area contributed by atoms with Gasteiger partial charge >= 0.3 is 0 Å². The molecule has 7 heteroatoms. The topological polar surface area (TPSA) is 53.3 Å². The van der Waals surface area contributed by atoms with Gasteiger partial charge in [-0.25, -0.2) is 0 Å². The first-order chi connectivity index (χ1) is 21.2. The van der Waals surface area contributed by atoms with Crippen LogP contribution in [0.2, 0.25) is 5.02 Å². The van der Waals surface area contributed by atoms with Crippen molar-refractivity contribution < 1.29 is 23.4 Å². The summed E-state index contributed by atoms with van der Waals surface area (Å²) in [7, 11) is 0. The first-order valence-corrected chi connectivity index (χ1v) is 14.1. The molecule has 2 aliphatic rings. The zero-order valence-electron chi connectivity index (χ0n) is 22.4. The number of hydrogen-bond donors (Lipinski definition) is 0. The molecule has 9 rings (SSSR count). The van der Waals surface area contributed by atoms with Crippen LogP contribution in [0, 0.1) is 0 Å². The Morgan fingerprint density at radius 2 is 0.907 bits per heavy atom. The van der Waals surface area contributed by atoms with Crippen molar-refractivity contribution in [2.45, 2.75) is 0 Å². The minimum atomic E-state index is 0.506. The molecule has 0 amide bonds. The van der Waals surface area contributed by atoms with Gasteiger partial charge in [0.2, 0.25) is 0 Å². The van der Waals surface area contributed by atoms with Gasteiger partial charge in [0.25, 0.3) is 0 Å². The molecule has 206 valence electrons. The lowest BCUT2D eigenvalue weighted by molar-refractivity contribution is 0.359. The van der Waals surface area contributed by atoms with Crippen LogP contribution in [0.5, 0.6) is 46.0 Å². The van der Waals surface area contributed by atoms with Crippen LogP contribution in [0.15, 0.2) is 126 Å². The fourth-order valence-electron chi connectivity index (χ4n) is 5.66. The Morgan fingerprint density at radius 3 is 1.49 bits per heavy atom. The smallest absolute Gasteiger partial charge is 0.172 e. The molecule has 2 aliphatic heterocycles. The normalized spacial score (nSPS) is 12.6. The Hall–Kier alpha value is -5.59. The predicted octanol–water partition coefficient (Wildman–Crippen LogP) is 11.5. The van der Waals surface area contributed by atoms with Gasteiger partial charge in [0.1, 0.15) is 5.58 Å². The fourth-order valence-corrected chi connectivity index (χ4v) is 5.91. The molecule has 0 N–H and O–H groups in total. The van der Waals surface area contributed by atoms with E-state index in [1.807, 2.05) is 115 Å². The summed E-state index contributed by atoms with van der Waals surface area (Å²) in [4.78, 5) is 2.10. The highest BCUT2D eigenvalue weighted by atomic mass is 35.5. The van der Waals surface area contributed by atoms with Gasteiger partial charge in [-0.05, 0) is 66.7 Å². The molecule has 43 heavy (non-hydrogen) atoms. The summed E-state index contributed by atoms with van der Waals surface area (Å²) in [6, 6.07) is 38.9. The van der Waals surface area contributed by atoms with Crippen molar-refractivity contribution >= 4 is 50.6 Å². The number of hydrogen-bond acceptors (Lipinski definition) is 6. The van der Waals surface area contributed by atoms with E-state index >= 15 is 0 Å². The molecule has 0 saturated carbocycles. The minimum Gasteiger partial charge on any atom is -0.454 e. The number of fused-ring (bicyclic) bond motifs is 7. The summed E-state index contributed by atoms with van der Waals surface area (Å²) in [5, 5.41) is 2.41. The Morgan fingerprint density at radius 1 is 0.419 bits per heavy atom. The van der Waals surface area contributed by atoms with Crippen molar-refractivity contribution in [1.29, 1.82) is 0 Å². The van der Waals surface area contributed by atoms with E-state index < -0.39 is 0 Å². The highest BCUT2D eigenvalue weighted by Crippen LogP contribution is 2.51. The fraction of sp³-hybridized carbons (Fsp3) is 0. The van der Waals surface area contributed by atoms with E-state index in [9.17, 15) is 0 Å². The van der Waals surface area contributed by atoms with Crippen LogP contribution in [0.25, 0.3) is 21.9 Å². The number of nitrogens with zero attached hydrogens (tertiary/aromatic N) is 1. The quantitative estimate of drug-likeness (QED) is 0.207. The highest BCUT2D eigenvalue weighted by Gasteiger charge is 2.25. The van der Waals surface area contributed by atoms with E-state index in [1.54, 1.807) is 0 Å². The van der Waals surface area contributed by atoms with Gasteiger partial charge in [0.05, 0.1) is 16.4 Å². The molecule has 6 nitrogen and oxygen atoms in total. The summed E-state index contributed by atoms with van der Waals surface area (Å²) in [5.74, 6) is 5.15. The number of benzene rings is 6. The zero-order chi connectivity index (χ0) is 28.5. The van der Waals surface area contributed by atoms with E-state index in [4.69, 9.17) is 35.0 Å². The van der Waals surface area contributed by atoms with Gasteiger partial charge in [-0.2, -0.15) is 0 Å². The van der Waals surface area contributed by atoms with Crippen LogP contribution in [-0.4, -0.2) is 0 Å². The third-order valence-corrected chi connectivity index (χ3v) is 7.91. The van der Waals surface area contributed by atoms with Crippen molar-refractivity contribution in [3.05, 3.63) is 126 Å². The van der Waals surface area contributed by atoms with Crippen LogP contribution >= 0.6 is 11.6 Å². The molecule has 0 spiro atoms. The minimum absolute atomic E-state index is 0.506. The number of rotatable bonds is 3. The van der Waals surface area contributed by atoms with Crippen molar-refractivity contribution in [2.75, 3.05) is 4.90 Å². The monoisotopic (exact) mass is 581 g/mol. The maximum absolute atomic E-state index is 6.89. The molecule has 0 fully saturated rings. The predicted molar refractivity (Wildman–Crippen MR) is 167 cm³/mol. The van der Waals surface area contributed by atoms with Crippen molar-refractivity contribution in [3.63, 3.8) is 0 Å². The zero-order valence-corrected chi connectivity index (χ0v) is 23.2. The molecule has 6 aromatic carbocycles. The highest BCUT2D eigenvalue weighted by molar-refractivity contribution is 6.36. The van der Waals surface area contributed by atoms with Crippen molar-refractivity contribution in [3.8, 4) is 46.0 Å². The summed E-state index contributed by atoms with van der Waals surface area (Å²) in [5.41, 5.74) is 3.92. The summed E-state index contributed by atoms with van der Waals surface area (Å²) in [6.45, 7) is 0. The Bertz CT molecular complexity index is 2140. The van der Waals surface area contributed by atoms with Crippen LogP contribution in [-0.2, 0) is 0 Å². The number of para-hydroxylation sites is 5. The number of furan rings is 1. The van der Waals surface area contributed by atoms with Gasteiger partial charge in [-0.3, -0.25) is 0 Å². The van der Waals surface area contributed by atoms with Crippen LogP contribution < -0.4 is 23.8 Å². The lowest BCUT2D eigenvalue weighted by atomic mass is 10.1. The molecule has 0 radical (unpaired) electrons. The molecule has 0 bridgehead atoms. The lowest BCUT2D eigenvalue weighted by Gasteiger charge is -2.29. The molecule has 0 saturated heterocycles. The standard InChI is InChI=1S/C36H20ClNO5/c37-26-18-23(17-25-24-7-1-2-8-27(24)43-36(25)26)38(21-13-15-32-34(19-21)41-30-11-5-3-9-28(30)39-32)22-14-16-33-35(20-22)42-31-12-6-4-10-29(31)40-33/h1-20H. The van der Waals surface area contributed by atoms with E-state index in [0.717, 1.165) is 33.4 Å². The first-order valence-electron chi connectivity index (χ1n) is 13.8. The molecule has 3 heterocycles. The van der Waals surface area contributed by atoms with E-state index in [2.05, 4.69) is 11.0 Å². The molecular formula is C36H20ClNO5. The first kappa shape index (κ1) is 24.1. The number of ether oxygens (including phenoxy) is 4. The Balaban J connectivity index is 1.22. The van der Waals surface area contributed by atoms with Crippen LogP contribution in [0.1, 0.15) is 0 Å². The van der Waals surface area contributed by atoms with Gasteiger partial charge in [-0.15, -0.1) is 0 Å². The van der Waals surface area contributed by atoms with Gasteiger partial charge in [0.15, 0.2) is 51.6 Å². The molecule has 0 aliphatic carbocycles. The Kier molecular flexibility index (Phi) is 5.15. The maximum atomic E-state index is 6.89. The average Bonchev–Trinajstić information content (AvgIpc) is 3.42. The van der Waals surface area contributed by atoms with Crippen molar-refractivity contribution in [2.24, 2.45) is 0 Å². The Labute approximate surface area is 250 Å². The van der Waals surface area contributed by atoms with Gasteiger partial charge in [0, 0.05) is 28.6 Å². The summed E-state index contributed by atoms with van der Waals surface area (Å²) in [6.07, 6.45) is 0.